The molecule has 2 aromatic carbocycles. The number of benzene rings is 2. The van der Waals surface area contributed by atoms with E-state index in [1.165, 1.54) is 12.1 Å². The molecule has 2 rings (SSSR count). The molecule has 0 atom stereocenters. The Kier molecular flexibility index (Phi) is 6.55. The Morgan fingerprint density at radius 2 is 1.72 bits per heavy atom. The van der Waals surface area contributed by atoms with Gasteiger partial charge in [0.1, 0.15) is 0 Å². The van der Waals surface area contributed by atoms with Crippen molar-refractivity contribution in [1.29, 1.82) is 0 Å². The minimum Gasteiger partial charge on any atom is -0.384 e. The third-order valence-corrected chi connectivity index (χ3v) is 4.73. The summed E-state index contributed by atoms with van der Waals surface area (Å²) in [4.78, 5) is 11.9. The largest absolute Gasteiger partial charge is 0.384 e. The number of hydrogen-bond acceptors (Lipinski definition) is 4. The van der Waals surface area contributed by atoms with Crippen molar-refractivity contribution < 1.29 is 13.2 Å². The molecule has 0 saturated carbocycles. The number of anilines is 1. The van der Waals surface area contributed by atoms with Gasteiger partial charge in [-0.05, 0) is 42.7 Å². The second-order valence-corrected chi connectivity index (χ2v) is 7.34. The average Bonchev–Trinajstić information content (AvgIpc) is 2.56. The monoisotopic (exact) mass is 361 g/mol. The van der Waals surface area contributed by atoms with Gasteiger partial charge < -0.3 is 10.6 Å². The smallest absolute Gasteiger partial charge is 0.238 e. The van der Waals surface area contributed by atoms with Crippen LogP contribution < -0.4 is 15.8 Å². The Morgan fingerprint density at radius 1 is 1.04 bits per heavy atom. The van der Waals surface area contributed by atoms with Crippen LogP contribution >= 0.6 is 0 Å². The fourth-order valence-electron chi connectivity index (χ4n) is 2.36. The summed E-state index contributed by atoms with van der Waals surface area (Å²) in [5, 5.41) is 11.2. The normalized spacial score (nSPS) is 11.1. The van der Waals surface area contributed by atoms with Gasteiger partial charge in [0, 0.05) is 25.2 Å². The second-order valence-electron chi connectivity index (χ2n) is 5.78. The minimum absolute atomic E-state index is 0.0257. The molecule has 0 unspecified atom stereocenters. The molecule has 0 fully saturated rings. The Balaban J connectivity index is 1.69. The van der Waals surface area contributed by atoms with Crippen LogP contribution in [0.15, 0.2) is 53.4 Å². The zero-order chi connectivity index (χ0) is 18.3. The van der Waals surface area contributed by atoms with Gasteiger partial charge in [0.2, 0.25) is 15.9 Å². The molecular formula is C18H23N3O3S. The third kappa shape index (κ3) is 6.21. The van der Waals surface area contributed by atoms with Crippen LogP contribution in [0.2, 0.25) is 0 Å². The van der Waals surface area contributed by atoms with Gasteiger partial charge in [-0.1, -0.05) is 30.3 Å². The number of para-hydroxylation sites is 1. The van der Waals surface area contributed by atoms with Crippen molar-refractivity contribution >= 4 is 21.6 Å². The van der Waals surface area contributed by atoms with Gasteiger partial charge in [0.25, 0.3) is 0 Å². The number of amides is 1. The van der Waals surface area contributed by atoms with E-state index in [1.54, 1.807) is 12.1 Å². The maximum absolute atomic E-state index is 11.8. The first-order chi connectivity index (χ1) is 11.9. The van der Waals surface area contributed by atoms with Crippen LogP contribution in [0.5, 0.6) is 0 Å². The summed E-state index contributed by atoms with van der Waals surface area (Å²) in [7, 11) is -3.67. The van der Waals surface area contributed by atoms with Gasteiger partial charge in [-0.15, -0.1) is 0 Å². The first-order valence-electron chi connectivity index (χ1n) is 8.04. The van der Waals surface area contributed by atoms with E-state index in [-0.39, 0.29) is 10.8 Å². The fourth-order valence-corrected chi connectivity index (χ4v) is 2.88. The molecule has 0 spiro atoms. The van der Waals surface area contributed by atoms with Crippen LogP contribution in [-0.4, -0.2) is 27.4 Å². The molecule has 25 heavy (non-hydrogen) atoms. The maximum Gasteiger partial charge on any atom is 0.238 e. The molecule has 0 heterocycles. The van der Waals surface area contributed by atoms with Gasteiger partial charge in [0.15, 0.2) is 0 Å². The zero-order valence-electron chi connectivity index (χ0n) is 14.2. The molecular weight excluding hydrogens is 338 g/mol. The van der Waals surface area contributed by atoms with Crippen LogP contribution in [-0.2, 0) is 21.2 Å². The van der Waals surface area contributed by atoms with E-state index in [2.05, 4.69) is 10.6 Å². The molecule has 0 aliphatic heterocycles. The first-order valence-corrected chi connectivity index (χ1v) is 9.59. The minimum atomic E-state index is -3.67. The lowest BCUT2D eigenvalue weighted by Gasteiger charge is -2.09. The van der Waals surface area contributed by atoms with E-state index in [4.69, 9.17) is 5.14 Å². The number of hydrogen-bond donors (Lipinski definition) is 3. The number of aryl methyl sites for hydroxylation is 1. The number of rotatable bonds is 8. The van der Waals surface area contributed by atoms with Gasteiger partial charge in [-0.25, -0.2) is 13.6 Å². The molecule has 134 valence electrons. The van der Waals surface area contributed by atoms with Crippen LogP contribution in [0, 0.1) is 6.92 Å². The molecule has 0 saturated heterocycles. The number of carbonyl (C=O) groups excluding carboxylic acids is 1. The summed E-state index contributed by atoms with van der Waals surface area (Å²) in [5.41, 5.74) is 3.11. The van der Waals surface area contributed by atoms with E-state index in [1.807, 2.05) is 31.2 Å². The number of primary sulfonamides is 1. The summed E-state index contributed by atoms with van der Waals surface area (Å²) in [5.74, 6) is -0.0257. The fraction of sp³-hybridized carbons (Fsp3) is 0.278. The lowest BCUT2D eigenvalue weighted by atomic mass is 10.1. The van der Waals surface area contributed by atoms with Crippen molar-refractivity contribution in [2.45, 2.75) is 24.7 Å². The topological polar surface area (TPSA) is 101 Å². The Labute approximate surface area is 148 Å². The molecule has 0 radical (unpaired) electrons. The highest BCUT2D eigenvalue weighted by molar-refractivity contribution is 7.89. The standard InChI is InChI=1S/C18H23N3O3S/c1-14-4-2-3-5-17(14)20-13-11-18(22)21-12-10-15-6-8-16(9-7-15)25(19,23)24/h2-9,20H,10-13H2,1H3,(H,21,22)(H2,19,23,24). The van der Waals surface area contributed by atoms with Gasteiger partial charge in [0.05, 0.1) is 4.90 Å². The Hall–Kier alpha value is -2.38. The maximum atomic E-state index is 11.8. The van der Waals surface area contributed by atoms with E-state index in [9.17, 15) is 13.2 Å². The quantitative estimate of drug-likeness (QED) is 0.667. The predicted octanol–water partition coefficient (Wildman–Crippen LogP) is 1.80. The van der Waals surface area contributed by atoms with E-state index < -0.39 is 10.0 Å². The number of sulfonamides is 1. The van der Waals surface area contributed by atoms with Gasteiger partial charge >= 0.3 is 0 Å². The van der Waals surface area contributed by atoms with E-state index in [0.717, 1.165) is 16.8 Å². The van der Waals surface area contributed by atoms with Crippen LogP contribution in [0.25, 0.3) is 0 Å². The Morgan fingerprint density at radius 3 is 2.36 bits per heavy atom. The van der Waals surface area contributed by atoms with Crippen molar-refractivity contribution in [2.24, 2.45) is 5.14 Å². The molecule has 0 aliphatic rings. The van der Waals surface area contributed by atoms with Crippen LogP contribution in [0.4, 0.5) is 5.69 Å². The van der Waals surface area contributed by atoms with Crippen LogP contribution in [0.1, 0.15) is 17.5 Å². The summed E-state index contributed by atoms with van der Waals surface area (Å²) >= 11 is 0. The summed E-state index contributed by atoms with van der Waals surface area (Å²) < 4.78 is 22.4. The lowest BCUT2D eigenvalue weighted by molar-refractivity contribution is -0.120. The molecule has 6 nitrogen and oxygen atoms in total. The van der Waals surface area contributed by atoms with E-state index in [0.29, 0.717) is 25.9 Å². The molecule has 2 aromatic rings. The highest BCUT2D eigenvalue weighted by Crippen LogP contribution is 2.12. The highest BCUT2D eigenvalue weighted by Gasteiger charge is 2.07. The van der Waals surface area contributed by atoms with Crippen molar-refractivity contribution in [2.75, 3.05) is 18.4 Å². The van der Waals surface area contributed by atoms with Gasteiger partial charge in [-0.3, -0.25) is 4.79 Å². The number of nitrogens with two attached hydrogens (primary N) is 1. The number of carbonyl (C=O) groups is 1. The van der Waals surface area contributed by atoms with Gasteiger partial charge in [-0.2, -0.15) is 0 Å². The number of nitrogens with one attached hydrogen (secondary N) is 2. The molecule has 7 heteroatoms. The lowest BCUT2D eigenvalue weighted by Crippen LogP contribution is -2.27. The van der Waals surface area contributed by atoms with Crippen molar-refractivity contribution in [3.63, 3.8) is 0 Å². The summed E-state index contributed by atoms with van der Waals surface area (Å²) in [6, 6.07) is 14.3. The predicted molar refractivity (Wildman–Crippen MR) is 98.8 cm³/mol. The molecule has 0 bridgehead atoms. The first kappa shape index (κ1) is 19.0. The molecule has 1 amide bonds. The van der Waals surface area contributed by atoms with Crippen molar-refractivity contribution in [1.82, 2.24) is 5.32 Å². The van der Waals surface area contributed by atoms with Crippen LogP contribution in [0.3, 0.4) is 0 Å². The molecule has 0 aliphatic carbocycles. The van der Waals surface area contributed by atoms with Crippen molar-refractivity contribution in [3.05, 3.63) is 59.7 Å². The Bertz CT molecular complexity index is 818. The highest BCUT2D eigenvalue weighted by atomic mass is 32.2. The molecule has 4 N–H and O–H groups in total. The average molecular weight is 361 g/mol. The van der Waals surface area contributed by atoms with E-state index >= 15 is 0 Å². The second kappa shape index (κ2) is 8.64. The summed E-state index contributed by atoms with van der Waals surface area (Å²) in [6.45, 7) is 3.08. The SMILES string of the molecule is Cc1ccccc1NCCC(=O)NCCc1ccc(S(N)(=O)=O)cc1. The summed E-state index contributed by atoms with van der Waals surface area (Å²) in [6.07, 6.45) is 1.01. The third-order valence-electron chi connectivity index (χ3n) is 3.80. The molecule has 0 aromatic heterocycles. The van der Waals surface area contributed by atoms with Crippen molar-refractivity contribution in [3.8, 4) is 0 Å². The zero-order valence-corrected chi connectivity index (χ0v) is 15.0.